The molecule has 1 unspecified atom stereocenters. The molecule has 392 valence electrons. The van der Waals surface area contributed by atoms with Crippen molar-refractivity contribution in [3.8, 4) is 22.4 Å². The Morgan fingerprint density at radius 3 is 2.51 bits per heavy atom. The van der Waals surface area contributed by atoms with Crippen LogP contribution in [0.25, 0.3) is 33.3 Å². The molecule has 4 aliphatic heterocycles. The Balaban J connectivity index is 1.10. The van der Waals surface area contributed by atoms with Crippen molar-refractivity contribution in [2.24, 2.45) is 17.3 Å². The molecular weight excluding hydrogens is 925 g/mol. The van der Waals surface area contributed by atoms with Crippen LogP contribution >= 0.6 is 0 Å². The van der Waals surface area contributed by atoms with Crippen molar-refractivity contribution in [2.75, 3.05) is 67.1 Å². The average molecular weight is 1000 g/mol. The molecule has 0 saturated carbocycles. The minimum absolute atomic E-state index is 0.133. The number of pyridine rings is 1. The molecule has 4 amide bonds. The third-order valence-corrected chi connectivity index (χ3v) is 15.4. The molecule has 73 heavy (non-hydrogen) atoms. The monoisotopic (exact) mass is 1000 g/mol. The highest BCUT2D eigenvalue weighted by atomic mass is 16.5. The molecule has 2 N–H and O–H groups in total. The number of fused-ring (bicyclic) bond motifs is 6. The van der Waals surface area contributed by atoms with Crippen LogP contribution in [0.5, 0.6) is 0 Å². The van der Waals surface area contributed by atoms with Crippen LogP contribution in [0.3, 0.4) is 0 Å². The number of carbonyl (C=O) groups excluding carboxylic acids is 5. The van der Waals surface area contributed by atoms with Gasteiger partial charge in [-0.3, -0.25) is 38.9 Å². The molecule has 8 rings (SSSR count). The summed E-state index contributed by atoms with van der Waals surface area (Å²) in [7, 11) is 5.03. The molecular formula is C57H76N8O8. The van der Waals surface area contributed by atoms with Gasteiger partial charge in [-0.1, -0.05) is 64.1 Å². The van der Waals surface area contributed by atoms with Crippen molar-refractivity contribution < 1.29 is 38.2 Å². The summed E-state index contributed by atoms with van der Waals surface area (Å²) in [4.78, 5) is 81.2. The summed E-state index contributed by atoms with van der Waals surface area (Å²) in [5.74, 6) is -2.48. The lowest BCUT2D eigenvalue weighted by molar-refractivity contribution is -0.155. The van der Waals surface area contributed by atoms with Crippen LogP contribution in [-0.2, 0) is 57.6 Å². The highest BCUT2D eigenvalue weighted by molar-refractivity contribution is 5.96. The zero-order valence-corrected chi connectivity index (χ0v) is 44.5. The highest BCUT2D eigenvalue weighted by Crippen LogP contribution is 2.43. The fraction of sp³-hybridized carbons (Fsp3) is 0.544. The first-order chi connectivity index (χ1) is 34.9. The topological polar surface area (TPSA) is 168 Å². The molecule has 6 heterocycles. The highest BCUT2D eigenvalue weighted by Gasteiger charge is 2.40. The fourth-order valence-electron chi connectivity index (χ4n) is 11.2. The van der Waals surface area contributed by atoms with Gasteiger partial charge in [-0.05, 0) is 98.4 Å². The molecule has 0 aliphatic carbocycles. The number of hydrogen-bond donors (Lipinski definition) is 2. The number of amides is 4. The number of carbonyl (C=O) groups is 5. The Morgan fingerprint density at radius 2 is 1.78 bits per heavy atom. The van der Waals surface area contributed by atoms with Crippen molar-refractivity contribution in [1.29, 1.82) is 0 Å². The second-order valence-electron chi connectivity index (χ2n) is 21.7. The second-order valence-corrected chi connectivity index (χ2v) is 21.7. The molecule has 0 radical (unpaired) electrons. The number of aromatic nitrogens is 2. The predicted molar refractivity (Wildman–Crippen MR) is 281 cm³/mol. The molecule has 0 spiro atoms. The van der Waals surface area contributed by atoms with Gasteiger partial charge >= 0.3 is 5.97 Å². The predicted octanol–water partition coefficient (Wildman–Crippen LogP) is 6.27. The molecule has 4 aromatic rings. The molecule has 3 saturated heterocycles. The van der Waals surface area contributed by atoms with Gasteiger partial charge in [-0.15, -0.1) is 0 Å². The molecule has 16 nitrogen and oxygen atoms in total. The van der Waals surface area contributed by atoms with Gasteiger partial charge < -0.3 is 33.9 Å². The van der Waals surface area contributed by atoms with Gasteiger partial charge in [0, 0.05) is 108 Å². The number of hydrazine groups is 1. The van der Waals surface area contributed by atoms with E-state index in [1.807, 2.05) is 51.2 Å². The maximum atomic E-state index is 14.8. The third-order valence-electron chi connectivity index (χ3n) is 15.4. The standard InChI is InChI=1S/C57H76N8O8/c1-11-64-47-20-19-40-29-43(47)44(52(64)49-36(4)21-23-58-50(49)37(5)71-9)30-57(6,7)34-73-56(70)45-17-13-25-65(60-45)55(69)46(28-38-15-12-16-39(40)27-38)59-53(67)51(35(2)3)61(8)54(68)41-22-26-63(31-41)48(66)18-14-24-62-32-42(33-62)72-10/h12,14-16,18-21,23,27,29,35,37,41-42,45-46,51,60H,11,13,17,22,24-26,28,30-34H2,1-10H3,(H,59,67)/b18-14+/t37-,41-,45-,46-,51?/m0/s1. The molecule has 2 aromatic heterocycles. The quantitative estimate of drug-likeness (QED) is 0.114. The number of esters is 1. The number of aryl methyl sites for hydroxylation is 2. The van der Waals surface area contributed by atoms with Gasteiger partial charge in [0.05, 0.1) is 36.1 Å². The van der Waals surface area contributed by atoms with Gasteiger partial charge in [0.15, 0.2) is 0 Å². The summed E-state index contributed by atoms with van der Waals surface area (Å²) in [6.45, 7) is 18.4. The van der Waals surface area contributed by atoms with E-state index < -0.39 is 47.2 Å². The summed E-state index contributed by atoms with van der Waals surface area (Å²) in [5, 5.41) is 5.62. The number of likely N-dealkylation sites (N-methyl/N-ethyl adjacent to an activating group) is 1. The van der Waals surface area contributed by atoms with Gasteiger partial charge in [-0.2, -0.15) is 0 Å². The number of hydrogen-bond acceptors (Lipinski definition) is 11. The summed E-state index contributed by atoms with van der Waals surface area (Å²) in [6, 6.07) is 13.9. The normalized spacial score (nSPS) is 21.8. The molecule has 4 aliphatic rings. The van der Waals surface area contributed by atoms with E-state index in [1.54, 1.807) is 32.2 Å². The van der Waals surface area contributed by atoms with E-state index in [0.29, 0.717) is 51.9 Å². The minimum Gasteiger partial charge on any atom is -0.464 e. The lowest BCUT2D eigenvalue weighted by Crippen LogP contribution is -2.62. The number of nitrogens with zero attached hydrogens (tertiary/aromatic N) is 6. The van der Waals surface area contributed by atoms with E-state index in [1.165, 1.54) is 9.91 Å². The van der Waals surface area contributed by atoms with Crippen LogP contribution in [0, 0.1) is 24.2 Å². The van der Waals surface area contributed by atoms with E-state index >= 15 is 0 Å². The van der Waals surface area contributed by atoms with E-state index in [9.17, 15) is 24.0 Å². The minimum atomic E-state index is -1.06. The first kappa shape index (κ1) is 53.4. The van der Waals surface area contributed by atoms with Gasteiger partial charge in [0.25, 0.3) is 5.91 Å². The Hall–Kier alpha value is -5.94. The van der Waals surface area contributed by atoms with Crippen molar-refractivity contribution >= 4 is 40.5 Å². The Morgan fingerprint density at radius 1 is 1.01 bits per heavy atom. The molecule has 2 aromatic carbocycles. The first-order valence-corrected chi connectivity index (χ1v) is 26.2. The number of methoxy groups -OCH3 is 2. The lowest BCUT2D eigenvalue weighted by atomic mass is 9.83. The smallest absolute Gasteiger partial charge is 0.324 e. The maximum Gasteiger partial charge on any atom is 0.324 e. The Labute approximate surface area is 430 Å². The van der Waals surface area contributed by atoms with Crippen LogP contribution in [0.2, 0.25) is 0 Å². The molecule has 5 atom stereocenters. The second kappa shape index (κ2) is 22.7. The van der Waals surface area contributed by atoms with Crippen molar-refractivity contribution in [3.63, 3.8) is 0 Å². The Kier molecular flexibility index (Phi) is 16.6. The average Bonchev–Trinajstić information content (AvgIpc) is 3.98. The zero-order chi connectivity index (χ0) is 52.3. The SMILES string of the molecule is CCn1c(-c2c(C)ccnc2[C@H](C)OC)c2c3cc(ccc31)-c1cccc(c1)C[C@H](NC(=O)C(C(C)C)N(C)C(=O)[C@H]1CCN(C(=O)/C=C/CN3CC(OC)C3)C1)C(=O)N1CCC[C@H](N1)C(=O)OCC(C)(C)C2. The van der Waals surface area contributed by atoms with Crippen LogP contribution in [0.1, 0.15) is 89.3 Å². The Bertz CT molecular complexity index is 2730. The lowest BCUT2D eigenvalue weighted by Gasteiger charge is -2.37. The number of likely N-dealkylation sites (tertiary alicyclic amines) is 2. The number of nitrogens with one attached hydrogen (secondary N) is 2. The van der Waals surface area contributed by atoms with E-state index in [-0.39, 0.29) is 49.5 Å². The third kappa shape index (κ3) is 11.6. The summed E-state index contributed by atoms with van der Waals surface area (Å²) in [5.41, 5.74) is 11.7. The zero-order valence-electron chi connectivity index (χ0n) is 44.5. The van der Waals surface area contributed by atoms with Crippen molar-refractivity contribution in [3.05, 3.63) is 89.3 Å². The van der Waals surface area contributed by atoms with Crippen LogP contribution < -0.4 is 10.7 Å². The van der Waals surface area contributed by atoms with Crippen LogP contribution in [-0.4, -0.2) is 150 Å². The fourth-order valence-corrected chi connectivity index (χ4v) is 11.2. The van der Waals surface area contributed by atoms with Crippen LogP contribution in [0.4, 0.5) is 0 Å². The van der Waals surface area contributed by atoms with Crippen LogP contribution in [0.15, 0.2) is 66.9 Å². The molecule has 3 fully saturated rings. The number of cyclic esters (lactones) is 1. The first-order valence-electron chi connectivity index (χ1n) is 26.2. The van der Waals surface area contributed by atoms with E-state index in [4.69, 9.17) is 19.2 Å². The van der Waals surface area contributed by atoms with Gasteiger partial charge in [0.2, 0.25) is 17.7 Å². The van der Waals surface area contributed by atoms with E-state index in [2.05, 4.69) is 78.2 Å². The van der Waals surface area contributed by atoms with Gasteiger partial charge in [0.1, 0.15) is 18.1 Å². The van der Waals surface area contributed by atoms with Crippen molar-refractivity contribution in [1.82, 2.24) is 40.0 Å². The molecule has 6 bridgehead atoms. The summed E-state index contributed by atoms with van der Waals surface area (Å²) in [6.07, 6.45) is 7.46. The van der Waals surface area contributed by atoms with Gasteiger partial charge in [-0.25, -0.2) is 5.43 Å². The largest absolute Gasteiger partial charge is 0.464 e. The number of rotatable bonds is 13. The number of benzene rings is 2. The maximum absolute atomic E-state index is 14.8. The molecule has 16 heteroatoms. The summed E-state index contributed by atoms with van der Waals surface area (Å²) >= 11 is 0. The van der Waals surface area contributed by atoms with E-state index in [0.717, 1.165) is 68.8 Å². The summed E-state index contributed by atoms with van der Waals surface area (Å²) < 4.78 is 19.8. The number of ether oxygens (including phenoxy) is 3. The van der Waals surface area contributed by atoms with Crippen molar-refractivity contribution in [2.45, 2.75) is 117 Å².